The van der Waals surface area contributed by atoms with Crippen LogP contribution >= 0.6 is 11.6 Å². The summed E-state index contributed by atoms with van der Waals surface area (Å²) in [6.45, 7) is 0.167. The summed E-state index contributed by atoms with van der Waals surface area (Å²) in [6, 6.07) is 10.6. The van der Waals surface area contributed by atoms with Crippen LogP contribution in [0.15, 0.2) is 53.4 Å². The molecule has 1 aromatic carbocycles. The van der Waals surface area contributed by atoms with Gasteiger partial charge in [-0.1, -0.05) is 11.6 Å². The highest BCUT2D eigenvalue weighted by Crippen LogP contribution is 2.19. The maximum absolute atomic E-state index is 12.1. The molecule has 0 aliphatic carbocycles. The molecule has 0 aliphatic rings. The molecule has 0 spiro atoms. The van der Waals surface area contributed by atoms with Gasteiger partial charge < -0.3 is 14.6 Å². The number of carbonyl (C=O) groups is 1. The van der Waals surface area contributed by atoms with Gasteiger partial charge in [-0.05, 0) is 36.4 Å². The van der Waals surface area contributed by atoms with E-state index in [1.165, 1.54) is 6.39 Å². The lowest BCUT2D eigenvalue weighted by Gasteiger charge is -2.17. The highest BCUT2D eigenvalue weighted by molar-refractivity contribution is 6.30. The first-order valence-electron chi connectivity index (χ1n) is 7.11. The monoisotopic (exact) mass is 343 g/mol. The number of hydrogen-bond donors (Lipinski definition) is 1. The Morgan fingerprint density at radius 2 is 2.04 bits per heavy atom. The van der Waals surface area contributed by atoms with Crippen LogP contribution in [-0.2, 0) is 4.79 Å². The van der Waals surface area contributed by atoms with Crippen LogP contribution < -0.4 is 10.2 Å². The van der Waals surface area contributed by atoms with Gasteiger partial charge in [-0.25, -0.2) is 4.98 Å². The second-order valence-electron chi connectivity index (χ2n) is 5.06. The number of benzene rings is 1. The number of nitrogens with zero attached hydrogens (tertiary/aromatic N) is 4. The van der Waals surface area contributed by atoms with Crippen molar-refractivity contribution in [2.45, 2.75) is 0 Å². The van der Waals surface area contributed by atoms with E-state index in [-0.39, 0.29) is 12.5 Å². The Morgan fingerprint density at radius 1 is 1.25 bits per heavy atom. The molecular formula is C16H14ClN5O2. The fraction of sp³-hybridized carbons (Fsp3) is 0.125. The van der Waals surface area contributed by atoms with Crippen molar-refractivity contribution in [2.75, 3.05) is 23.8 Å². The molecule has 24 heavy (non-hydrogen) atoms. The molecule has 1 N–H and O–H groups in total. The zero-order valence-electron chi connectivity index (χ0n) is 12.8. The van der Waals surface area contributed by atoms with Gasteiger partial charge in [-0.15, -0.1) is 10.2 Å². The van der Waals surface area contributed by atoms with E-state index < -0.39 is 0 Å². The lowest BCUT2D eigenvalue weighted by atomic mass is 10.2. The Morgan fingerprint density at radius 3 is 2.67 bits per heavy atom. The molecule has 0 radical (unpaired) electrons. The third-order valence-corrected chi connectivity index (χ3v) is 3.48. The first-order valence-corrected chi connectivity index (χ1v) is 7.49. The molecule has 0 fully saturated rings. The number of likely N-dealkylation sites (N-methyl/N-ethyl adjacent to an activating group) is 1. The van der Waals surface area contributed by atoms with Gasteiger partial charge in [-0.3, -0.25) is 4.79 Å². The average Bonchev–Trinajstić information content (AvgIpc) is 3.10. The topological polar surface area (TPSA) is 84.2 Å². The maximum Gasteiger partial charge on any atom is 0.247 e. The van der Waals surface area contributed by atoms with Gasteiger partial charge in [0.1, 0.15) is 5.82 Å². The van der Waals surface area contributed by atoms with Crippen LogP contribution in [0.2, 0.25) is 5.02 Å². The number of carbonyl (C=O) groups excluding carboxylic acids is 1. The summed E-state index contributed by atoms with van der Waals surface area (Å²) < 4.78 is 5.12. The van der Waals surface area contributed by atoms with Crippen LogP contribution in [0.25, 0.3) is 11.5 Å². The highest BCUT2D eigenvalue weighted by Gasteiger charge is 2.09. The molecule has 0 atom stereocenters. The molecule has 7 nitrogen and oxygen atoms in total. The Labute approximate surface area is 143 Å². The molecule has 2 aromatic heterocycles. The van der Waals surface area contributed by atoms with Crippen molar-refractivity contribution >= 4 is 29.0 Å². The van der Waals surface area contributed by atoms with E-state index in [1.807, 2.05) is 0 Å². The van der Waals surface area contributed by atoms with E-state index in [0.717, 1.165) is 5.56 Å². The predicted octanol–water partition coefficient (Wildman–Crippen LogP) is 2.86. The molecular weight excluding hydrogens is 330 g/mol. The van der Waals surface area contributed by atoms with Gasteiger partial charge in [0.05, 0.1) is 11.6 Å². The summed E-state index contributed by atoms with van der Waals surface area (Å²) in [6.07, 6.45) is 2.81. The normalized spacial score (nSPS) is 10.4. The van der Waals surface area contributed by atoms with Gasteiger partial charge in [0.2, 0.25) is 18.2 Å². The largest absolute Gasteiger partial charge is 0.423 e. The minimum absolute atomic E-state index is 0.153. The number of pyridine rings is 1. The number of hydrogen-bond acceptors (Lipinski definition) is 6. The van der Waals surface area contributed by atoms with Crippen LogP contribution in [-0.4, -0.2) is 34.7 Å². The van der Waals surface area contributed by atoms with Crippen LogP contribution in [0.3, 0.4) is 0 Å². The fourth-order valence-corrected chi connectivity index (χ4v) is 2.20. The molecule has 122 valence electrons. The molecule has 3 rings (SSSR count). The number of halogens is 1. The predicted molar refractivity (Wildman–Crippen MR) is 90.9 cm³/mol. The maximum atomic E-state index is 12.1. The number of amides is 1. The van der Waals surface area contributed by atoms with Crippen molar-refractivity contribution in [2.24, 2.45) is 0 Å². The minimum atomic E-state index is -0.153. The van der Waals surface area contributed by atoms with Crippen LogP contribution in [0.1, 0.15) is 0 Å². The molecule has 1 amide bonds. The SMILES string of the molecule is CN(CC(=O)Nc1ccc(-c2nnco2)cc1)c1ccc(Cl)cn1. The lowest BCUT2D eigenvalue weighted by Crippen LogP contribution is -2.30. The Balaban J connectivity index is 1.59. The van der Waals surface area contributed by atoms with Gasteiger partial charge in [-0.2, -0.15) is 0 Å². The van der Waals surface area contributed by atoms with Gasteiger partial charge in [0.15, 0.2) is 0 Å². The molecule has 3 aromatic rings. The second kappa shape index (κ2) is 7.10. The Bertz CT molecular complexity index is 803. The molecule has 0 saturated heterocycles. The number of nitrogens with one attached hydrogen (secondary N) is 1. The summed E-state index contributed by atoms with van der Waals surface area (Å²) >= 11 is 5.80. The number of anilines is 2. The first kappa shape index (κ1) is 15.9. The zero-order chi connectivity index (χ0) is 16.9. The fourth-order valence-electron chi connectivity index (χ4n) is 2.09. The smallest absolute Gasteiger partial charge is 0.247 e. The van der Waals surface area contributed by atoms with Crippen molar-refractivity contribution in [3.8, 4) is 11.5 Å². The van der Waals surface area contributed by atoms with Crippen molar-refractivity contribution in [3.05, 3.63) is 54.0 Å². The van der Waals surface area contributed by atoms with Gasteiger partial charge >= 0.3 is 0 Å². The number of rotatable bonds is 5. The summed E-state index contributed by atoms with van der Waals surface area (Å²) in [5, 5.41) is 10.8. The quantitative estimate of drug-likeness (QED) is 0.766. The molecule has 8 heteroatoms. The van der Waals surface area contributed by atoms with E-state index in [1.54, 1.807) is 54.5 Å². The lowest BCUT2D eigenvalue weighted by molar-refractivity contribution is -0.114. The van der Waals surface area contributed by atoms with E-state index >= 15 is 0 Å². The summed E-state index contributed by atoms with van der Waals surface area (Å²) in [4.78, 5) is 18.0. The summed E-state index contributed by atoms with van der Waals surface area (Å²) in [7, 11) is 1.79. The highest BCUT2D eigenvalue weighted by atomic mass is 35.5. The Hall–Kier alpha value is -2.93. The minimum Gasteiger partial charge on any atom is -0.423 e. The molecule has 0 aliphatic heterocycles. The van der Waals surface area contributed by atoms with Crippen LogP contribution in [0.5, 0.6) is 0 Å². The van der Waals surface area contributed by atoms with Crippen molar-refractivity contribution < 1.29 is 9.21 Å². The van der Waals surface area contributed by atoms with E-state index in [4.69, 9.17) is 16.0 Å². The second-order valence-corrected chi connectivity index (χ2v) is 5.50. The van der Waals surface area contributed by atoms with Crippen LogP contribution in [0, 0.1) is 0 Å². The summed E-state index contributed by atoms with van der Waals surface area (Å²) in [5.41, 5.74) is 1.47. The van der Waals surface area contributed by atoms with E-state index in [2.05, 4.69) is 20.5 Å². The van der Waals surface area contributed by atoms with Gasteiger partial charge in [0.25, 0.3) is 0 Å². The third kappa shape index (κ3) is 3.88. The van der Waals surface area contributed by atoms with Crippen LogP contribution in [0.4, 0.5) is 11.5 Å². The zero-order valence-corrected chi connectivity index (χ0v) is 13.6. The molecule has 2 heterocycles. The van der Waals surface area contributed by atoms with Crippen molar-refractivity contribution in [3.63, 3.8) is 0 Å². The van der Waals surface area contributed by atoms with E-state index in [9.17, 15) is 4.79 Å². The molecule has 0 unspecified atom stereocenters. The molecule has 0 bridgehead atoms. The van der Waals surface area contributed by atoms with Crippen molar-refractivity contribution in [1.29, 1.82) is 0 Å². The number of aromatic nitrogens is 3. The summed E-state index contributed by atoms with van der Waals surface area (Å²) in [5.74, 6) is 0.947. The average molecular weight is 344 g/mol. The van der Waals surface area contributed by atoms with Gasteiger partial charge in [0, 0.05) is 24.5 Å². The molecule has 0 saturated carbocycles. The third-order valence-electron chi connectivity index (χ3n) is 3.26. The standard InChI is InChI=1S/C16H14ClN5O2/c1-22(14-7-4-12(17)8-18-14)9-15(23)20-13-5-2-11(3-6-13)16-21-19-10-24-16/h2-8,10H,9H2,1H3,(H,20,23). The van der Waals surface area contributed by atoms with Crippen molar-refractivity contribution in [1.82, 2.24) is 15.2 Å². The first-order chi connectivity index (χ1) is 11.6. The Kier molecular flexibility index (Phi) is 4.72. The van der Waals surface area contributed by atoms with E-state index in [0.29, 0.717) is 22.4 Å².